The van der Waals surface area contributed by atoms with Gasteiger partial charge in [-0.05, 0) is 43.4 Å². The number of rotatable bonds is 5. The van der Waals surface area contributed by atoms with E-state index >= 15 is 0 Å². The summed E-state index contributed by atoms with van der Waals surface area (Å²) in [5.41, 5.74) is 1.46. The Bertz CT molecular complexity index is 596. The summed E-state index contributed by atoms with van der Waals surface area (Å²) in [7, 11) is -3.26. The SMILES string of the molecule is CC(NS(=O)(=O)CC1CCCCC1)c1ccc(C#N)cc1. The predicted molar refractivity (Wildman–Crippen MR) is 83.1 cm³/mol. The van der Waals surface area contributed by atoms with Crippen LogP contribution in [0.15, 0.2) is 24.3 Å². The summed E-state index contributed by atoms with van der Waals surface area (Å²) >= 11 is 0. The number of nitriles is 1. The topological polar surface area (TPSA) is 70.0 Å². The van der Waals surface area contributed by atoms with E-state index in [4.69, 9.17) is 5.26 Å². The molecule has 1 fully saturated rings. The molecule has 1 unspecified atom stereocenters. The number of hydrogen-bond donors (Lipinski definition) is 1. The largest absolute Gasteiger partial charge is 0.212 e. The van der Waals surface area contributed by atoms with E-state index in [0.717, 1.165) is 31.2 Å². The number of hydrogen-bond acceptors (Lipinski definition) is 3. The van der Waals surface area contributed by atoms with Crippen molar-refractivity contribution in [1.82, 2.24) is 4.72 Å². The second kappa shape index (κ2) is 7.06. The lowest BCUT2D eigenvalue weighted by Gasteiger charge is -2.22. The molecule has 1 aliphatic rings. The zero-order valence-electron chi connectivity index (χ0n) is 12.4. The van der Waals surface area contributed by atoms with Gasteiger partial charge in [-0.25, -0.2) is 13.1 Å². The summed E-state index contributed by atoms with van der Waals surface area (Å²) in [6.07, 6.45) is 5.56. The van der Waals surface area contributed by atoms with Crippen molar-refractivity contribution in [2.75, 3.05) is 5.75 Å². The highest BCUT2D eigenvalue weighted by Gasteiger charge is 2.23. The van der Waals surface area contributed by atoms with Gasteiger partial charge in [-0.1, -0.05) is 31.4 Å². The first-order chi connectivity index (χ1) is 10.00. The van der Waals surface area contributed by atoms with Crippen LogP contribution < -0.4 is 4.72 Å². The third-order valence-electron chi connectivity index (χ3n) is 4.08. The molecule has 1 atom stereocenters. The molecule has 114 valence electrons. The third kappa shape index (κ3) is 4.83. The van der Waals surface area contributed by atoms with Gasteiger partial charge in [0.15, 0.2) is 0 Å². The molecule has 0 aromatic heterocycles. The van der Waals surface area contributed by atoms with Gasteiger partial charge in [0.2, 0.25) is 10.0 Å². The number of nitrogens with zero attached hydrogens (tertiary/aromatic N) is 1. The molecule has 1 aromatic carbocycles. The van der Waals surface area contributed by atoms with E-state index in [2.05, 4.69) is 10.8 Å². The van der Waals surface area contributed by atoms with E-state index in [1.54, 1.807) is 24.3 Å². The van der Waals surface area contributed by atoms with E-state index in [9.17, 15) is 8.42 Å². The summed E-state index contributed by atoms with van der Waals surface area (Å²) in [4.78, 5) is 0. The van der Waals surface area contributed by atoms with Crippen molar-refractivity contribution < 1.29 is 8.42 Å². The van der Waals surface area contributed by atoms with Gasteiger partial charge in [0, 0.05) is 6.04 Å². The van der Waals surface area contributed by atoms with Crippen molar-refractivity contribution in [3.8, 4) is 6.07 Å². The van der Waals surface area contributed by atoms with Gasteiger partial charge < -0.3 is 0 Å². The van der Waals surface area contributed by atoms with E-state index in [1.807, 2.05) is 6.92 Å². The highest BCUT2D eigenvalue weighted by molar-refractivity contribution is 7.89. The van der Waals surface area contributed by atoms with Crippen LogP contribution >= 0.6 is 0 Å². The predicted octanol–water partition coefficient (Wildman–Crippen LogP) is 3.12. The molecule has 5 heteroatoms. The molecule has 2 rings (SSSR count). The first-order valence-corrected chi connectivity index (χ1v) is 9.15. The van der Waals surface area contributed by atoms with Gasteiger partial charge in [-0.15, -0.1) is 0 Å². The maximum atomic E-state index is 12.2. The summed E-state index contributed by atoms with van der Waals surface area (Å²) in [5, 5.41) is 8.77. The van der Waals surface area contributed by atoms with Crippen LogP contribution in [0.2, 0.25) is 0 Å². The second-order valence-electron chi connectivity index (χ2n) is 5.86. The zero-order chi connectivity index (χ0) is 15.3. The number of nitrogens with one attached hydrogen (secondary N) is 1. The van der Waals surface area contributed by atoms with Crippen molar-refractivity contribution in [1.29, 1.82) is 5.26 Å². The molecule has 0 saturated heterocycles. The van der Waals surface area contributed by atoms with Gasteiger partial charge in [0.1, 0.15) is 0 Å². The van der Waals surface area contributed by atoms with Crippen molar-refractivity contribution in [2.24, 2.45) is 5.92 Å². The number of benzene rings is 1. The molecule has 1 aromatic rings. The average molecular weight is 306 g/mol. The first kappa shape index (κ1) is 16.0. The molecule has 0 heterocycles. The Hall–Kier alpha value is -1.38. The summed E-state index contributed by atoms with van der Waals surface area (Å²) in [6, 6.07) is 8.80. The lowest BCUT2D eigenvalue weighted by atomic mass is 9.91. The van der Waals surface area contributed by atoms with E-state index < -0.39 is 10.0 Å². The van der Waals surface area contributed by atoms with Crippen LogP contribution in [0.5, 0.6) is 0 Å². The van der Waals surface area contributed by atoms with Crippen LogP contribution in [0.1, 0.15) is 56.2 Å². The van der Waals surface area contributed by atoms with Gasteiger partial charge in [0.05, 0.1) is 17.4 Å². The lowest BCUT2D eigenvalue weighted by Crippen LogP contribution is -2.32. The average Bonchev–Trinajstić information content (AvgIpc) is 2.47. The van der Waals surface area contributed by atoms with Gasteiger partial charge in [-0.2, -0.15) is 5.26 Å². The Kier molecular flexibility index (Phi) is 5.38. The Morgan fingerprint density at radius 1 is 1.24 bits per heavy atom. The first-order valence-electron chi connectivity index (χ1n) is 7.50. The number of sulfonamides is 1. The maximum absolute atomic E-state index is 12.2. The Morgan fingerprint density at radius 3 is 2.43 bits per heavy atom. The minimum Gasteiger partial charge on any atom is -0.212 e. The van der Waals surface area contributed by atoms with Crippen LogP contribution in [-0.4, -0.2) is 14.2 Å². The summed E-state index contributed by atoms with van der Waals surface area (Å²) < 4.78 is 27.2. The van der Waals surface area contributed by atoms with Crippen LogP contribution in [0.3, 0.4) is 0 Å². The lowest BCUT2D eigenvalue weighted by molar-refractivity contribution is 0.383. The molecular formula is C16H22N2O2S. The normalized spacial score (nSPS) is 18.1. The van der Waals surface area contributed by atoms with Gasteiger partial charge in [0.25, 0.3) is 0 Å². The van der Waals surface area contributed by atoms with E-state index in [-0.39, 0.29) is 11.8 Å². The molecule has 0 bridgehead atoms. The van der Waals surface area contributed by atoms with Gasteiger partial charge >= 0.3 is 0 Å². The molecule has 0 radical (unpaired) electrons. The molecule has 0 spiro atoms. The van der Waals surface area contributed by atoms with Crippen molar-refractivity contribution in [3.05, 3.63) is 35.4 Å². The summed E-state index contributed by atoms with van der Waals surface area (Å²) in [5.74, 6) is 0.526. The second-order valence-corrected chi connectivity index (χ2v) is 7.66. The highest BCUT2D eigenvalue weighted by Crippen LogP contribution is 2.25. The van der Waals surface area contributed by atoms with Crippen LogP contribution in [0.25, 0.3) is 0 Å². The molecule has 0 amide bonds. The molecule has 4 nitrogen and oxygen atoms in total. The van der Waals surface area contributed by atoms with Crippen molar-refractivity contribution in [3.63, 3.8) is 0 Å². The zero-order valence-corrected chi connectivity index (χ0v) is 13.2. The van der Waals surface area contributed by atoms with Crippen molar-refractivity contribution >= 4 is 10.0 Å². The molecule has 0 aliphatic heterocycles. The standard InChI is InChI=1S/C16H22N2O2S/c1-13(16-9-7-14(11-17)8-10-16)18-21(19,20)12-15-5-3-2-4-6-15/h7-10,13,15,18H,2-6,12H2,1H3. The van der Waals surface area contributed by atoms with Crippen LogP contribution in [-0.2, 0) is 10.0 Å². The molecule has 21 heavy (non-hydrogen) atoms. The fourth-order valence-electron chi connectivity index (χ4n) is 2.90. The van der Waals surface area contributed by atoms with Gasteiger partial charge in [-0.3, -0.25) is 0 Å². The fraction of sp³-hybridized carbons (Fsp3) is 0.562. The van der Waals surface area contributed by atoms with Crippen LogP contribution in [0.4, 0.5) is 0 Å². The molecule has 1 saturated carbocycles. The minimum atomic E-state index is -3.26. The highest BCUT2D eigenvalue weighted by atomic mass is 32.2. The van der Waals surface area contributed by atoms with Crippen LogP contribution in [0, 0.1) is 17.2 Å². The summed E-state index contributed by atoms with van der Waals surface area (Å²) in [6.45, 7) is 1.83. The minimum absolute atomic E-state index is 0.230. The fourth-order valence-corrected chi connectivity index (χ4v) is 4.62. The quantitative estimate of drug-likeness (QED) is 0.908. The molecule has 1 aliphatic carbocycles. The third-order valence-corrected chi connectivity index (χ3v) is 5.70. The Morgan fingerprint density at radius 2 is 1.86 bits per heavy atom. The molecular weight excluding hydrogens is 284 g/mol. The Balaban J connectivity index is 1.96. The van der Waals surface area contributed by atoms with E-state index in [0.29, 0.717) is 11.5 Å². The maximum Gasteiger partial charge on any atom is 0.212 e. The van der Waals surface area contributed by atoms with Crippen molar-refractivity contribution in [2.45, 2.75) is 45.1 Å². The smallest absolute Gasteiger partial charge is 0.212 e. The van der Waals surface area contributed by atoms with E-state index in [1.165, 1.54) is 6.42 Å². The molecule has 1 N–H and O–H groups in total. The monoisotopic (exact) mass is 306 g/mol. The Labute approximate surface area is 127 Å².